The summed E-state index contributed by atoms with van der Waals surface area (Å²) in [5.41, 5.74) is 1.09. The lowest BCUT2D eigenvalue weighted by atomic mass is 10.1. The molecular weight excluding hydrogens is 285 g/mol. The fourth-order valence-corrected chi connectivity index (χ4v) is 1.87. The summed E-state index contributed by atoms with van der Waals surface area (Å²) in [6.45, 7) is 0. The van der Waals surface area contributed by atoms with Crippen LogP contribution in [0.5, 0.6) is 0 Å². The van der Waals surface area contributed by atoms with E-state index in [2.05, 4.69) is 25.9 Å². The van der Waals surface area contributed by atoms with Crippen molar-refractivity contribution in [2.45, 2.75) is 12.8 Å². The zero-order valence-electron chi connectivity index (χ0n) is 8.87. The van der Waals surface area contributed by atoms with Crippen LogP contribution in [0.3, 0.4) is 0 Å². The lowest BCUT2D eigenvalue weighted by Crippen LogP contribution is -1.88. The second-order valence-corrected chi connectivity index (χ2v) is 4.44. The average Bonchev–Trinajstić information content (AvgIpc) is 2.78. The second kappa shape index (κ2) is 5.11. The van der Waals surface area contributed by atoms with Gasteiger partial charge >= 0.3 is 0 Å². The van der Waals surface area contributed by atoms with E-state index in [0.29, 0.717) is 29.9 Å². The first kappa shape index (κ1) is 11.8. The third kappa shape index (κ3) is 2.71. The zero-order valence-corrected chi connectivity index (χ0v) is 10.5. The van der Waals surface area contributed by atoms with Crippen molar-refractivity contribution < 1.29 is 4.39 Å². The molecule has 17 heavy (non-hydrogen) atoms. The van der Waals surface area contributed by atoms with Crippen molar-refractivity contribution in [1.82, 2.24) is 9.97 Å². The van der Waals surface area contributed by atoms with E-state index in [1.54, 1.807) is 18.3 Å². The third-order valence-electron chi connectivity index (χ3n) is 2.32. The van der Waals surface area contributed by atoms with E-state index >= 15 is 0 Å². The lowest BCUT2D eigenvalue weighted by Gasteiger charge is -2.00. The summed E-state index contributed by atoms with van der Waals surface area (Å²) >= 11 is 3.30. The minimum atomic E-state index is -0.302. The van der Waals surface area contributed by atoms with E-state index in [0.717, 1.165) is 4.47 Å². The van der Waals surface area contributed by atoms with Crippen molar-refractivity contribution in [3.63, 3.8) is 0 Å². The molecule has 3 nitrogen and oxygen atoms in total. The largest absolute Gasteiger partial charge is 0.342 e. The van der Waals surface area contributed by atoms with Gasteiger partial charge in [0.15, 0.2) is 0 Å². The SMILES string of the molecule is N#CCCc1ncc(-c2cc(Br)ccc2F)[nH]1. The summed E-state index contributed by atoms with van der Waals surface area (Å²) in [4.78, 5) is 7.12. The van der Waals surface area contributed by atoms with Gasteiger partial charge in [0.2, 0.25) is 0 Å². The number of nitriles is 1. The molecule has 0 aliphatic rings. The minimum absolute atomic E-state index is 0.302. The molecule has 1 aromatic carbocycles. The molecule has 5 heteroatoms. The molecule has 1 heterocycles. The summed E-state index contributed by atoms with van der Waals surface area (Å²) in [5, 5.41) is 8.47. The van der Waals surface area contributed by atoms with Gasteiger partial charge in [0.05, 0.1) is 18.0 Å². The van der Waals surface area contributed by atoms with E-state index in [1.165, 1.54) is 6.07 Å². The molecule has 0 bridgehead atoms. The first-order chi connectivity index (χ1) is 8.20. The predicted molar refractivity (Wildman–Crippen MR) is 65.6 cm³/mol. The molecule has 2 aromatic rings. The Balaban J connectivity index is 2.30. The van der Waals surface area contributed by atoms with Crippen molar-refractivity contribution in [2.75, 3.05) is 0 Å². The number of benzene rings is 1. The molecule has 0 amide bonds. The van der Waals surface area contributed by atoms with Gasteiger partial charge in [-0.3, -0.25) is 0 Å². The molecule has 0 aliphatic carbocycles. The van der Waals surface area contributed by atoms with Crippen molar-refractivity contribution in [3.8, 4) is 17.3 Å². The summed E-state index contributed by atoms with van der Waals surface area (Å²) in [6, 6.07) is 6.78. The van der Waals surface area contributed by atoms with Crippen LogP contribution in [0.25, 0.3) is 11.3 Å². The Morgan fingerprint density at radius 1 is 1.47 bits per heavy atom. The van der Waals surface area contributed by atoms with Crippen molar-refractivity contribution in [3.05, 3.63) is 40.5 Å². The number of nitrogens with one attached hydrogen (secondary N) is 1. The maximum Gasteiger partial charge on any atom is 0.132 e. The molecule has 0 aliphatic heterocycles. The van der Waals surface area contributed by atoms with Crippen LogP contribution in [0, 0.1) is 17.1 Å². The number of nitrogens with zero attached hydrogens (tertiary/aromatic N) is 2. The van der Waals surface area contributed by atoms with E-state index in [1.807, 2.05) is 6.07 Å². The molecule has 0 fully saturated rings. The monoisotopic (exact) mass is 293 g/mol. The molecular formula is C12H9BrFN3. The third-order valence-corrected chi connectivity index (χ3v) is 2.81. The minimum Gasteiger partial charge on any atom is -0.342 e. The highest BCUT2D eigenvalue weighted by Crippen LogP contribution is 2.24. The van der Waals surface area contributed by atoms with Gasteiger partial charge < -0.3 is 4.98 Å². The quantitative estimate of drug-likeness (QED) is 0.942. The number of hydrogen-bond donors (Lipinski definition) is 1. The van der Waals surface area contributed by atoms with Crippen LogP contribution in [-0.2, 0) is 6.42 Å². The van der Waals surface area contributed by atoms with Gasteiger partial charge in [-0.25, -0.2) is 9.37 Å². The molecule has 0 atom stereocenters. The van der Waals surface area contributed by atoms with Crippen molar-refractivity contribution >= 4 is 15.9 Å². The van der Waals surface area contributed by atoms with Crippen LogP contribution in [0.4, 0.5) is 4.39 Å². The van der Waals surface area contributed by atoms with E-state index < -0.39 is 0 Å². The lowest BCUT2D eigenvalue weighted by molar-refractivity contribution is 0.630. The van der Waals surface area contributed by atoms with Crippen LogP contribution in [-0.4, -0.2) is 9.97 Å². The first-order valence-electron chi connectivity index (χ1n) is 5.07. The van der Waals surface area contributed by atoms with Gasteiger partial charge in [-0.05, 0) is 18.2 Å². The van der Waals surface area contributed by atoms with Crippen LogP contribution in [0.1, 0.15) is 12.2 Å². The number of imidazole rings is 1. The maximum absolute atomic E-state index is 13.6. The summed E-state index contributed by atoms with van der Waals surface area (Å²) in [7, 11) is 0. The molecule has 0 spiro atoms. The Morgan fingerprint density at radius 2 is 2.29 bits per heavy atom. The Labute approximate surface area is 106 Å². The Bertz CT molecular complexity index is 571. The topological polar surface area (TPSA) is 52.5 Å². The van der Waals surface area contributed by atoms with Gasteiger partial charge in [0.25, 0.3) is 0 Å². The fourth-order valence-electron chi connectivity index (χ4n) is 1.50. The number of aromatic amines is 1. The molecule has 0 saturated carbocycles. The predicted octanol–water partition coefficient (Wildman–Crippen LogP) is 3.43. The first-order valence-corrected chi connectivity index (χ1v) is 5.86. The molecule has 0 saturated heterocycles. The number of rotatable bonds is 3. The number of hydrogen-bond acceptors (Lipinski definition) is 2. The normalized spacial score (nSPS) is 10.2. The highest BCUT2D eigenvalue weighted by molar-refractivity contribution is 9.10. The molecule has 0 unspecified atom stereocenters. The van der Waals surface area contributed by atoms with Gasteiger partial charge in [0.1, 0.15) is 11.6 Å². The maximum atomic E-state index is 13.6. The summed E-state index contributed by atoms with van der Waals surface area (Å²) in [6.07, 6.45) is 2.53. The molecule has 86 valence electrons. The zero-order chi connectivity index (χ0) is 12.3. The Hall–Kier alpha value is -1.67. The summed E-state index contributed by atoms with van der Waals surface area (Å²) in [5.74, 6) is 0.393. The molecule has 1 aromatic heterocycles. The van der Waals surface area contributed by atoms with Crippen molar-refractivity contribution in [1.29, 1.82) is 5.26 Å². The van der Waals surface area contributed by atoms with E-state index in [4.69, 9.17) is 5.26 Å². The molecule has 1 N–H and O–H groups in total. The molecule has 2 rings (SSSR count). The van der Waals surface area contributed by atoms with Crippen LogP contribution >= 0.6 is 15.9 Å². The van der Waals surface area contributed by atoms with Crippen LogP contribution in [0.2, 0.25) is 0 Å². The van der Waals surface area contributed by atoms with Gasteiger partial charge in [0, 0.05) is 22.9 Å². The number of aryl methyl sites for hydroxylation is 1. The number of halogens is 2. The number of aromatic nitrogens is 2. The van der Waals surface area contributed by atoms with E-state index in [-0.39, 0.29) is 5.82 Å². The highest BCUT2D eigenvalue weighted by Gasteiger charge is 2.08. The van der Waals surface area contributed by atoms with E-state index in [9.17, 15) is 4.39 Å². The smallest absolute Gasteiger partial charge is 0.132 e. The Morgan fingerprint density at radius 3 is 3.06 bits per heavy atom. The van der Waals surface area contributed by atoms with Gasteiger partial charge in [-0.2, -0.15) is 5.26 Å². The summed E-state index contributed by atoms with van der Waals surface area (Å²) < 4.78 is 14.4. The number of H-pyrrole nitrogens is 1. The Kier molecular flexibility index (Phi) is 3.55. The average molecular weight is 294 g/mol. The standard InChI is InChI=1S/C12H9BrFN3/c13-8-3-4-10(14)9(6-8)11-7-16-12(17-11)2-1-5-15/h3-4,6-7H,1-2H2,(H,16,17). The van der Waals surface area contributed by atoms with Crippen LogP contribution in [0.15, 0.2) is 28.9 Å². The van der Waals surface area contributed by atoms with Gasteiger partial charge in [-0.15, -0.1) is 0 Å². The van der Waals surface area contributed by atoms with Crippen molar-refractivity contribution in [2.24, 2.45) is 0 Å². The second-order valence-electron chi connectivity index (χ2n) is 3.53. The fraction of sp³-hybridized carbons (Fsp3) is 0.167. The molecule has 0 radical (unpaired) electrons. The van der Waals surface area contributed by atoms with Gasteiger partial charge in [-0.1, -0.05) is 15.9 Å². The highest BCUT2D eigenvalue weighted by atomic mass is 79.9. The van der Waals surface area contributed by atoms with Crippen LogP contribution < -0.4 is 0 Å².